The van der Waals surface area contributed by atoms with Crippen molar-refractivity contribution in [3.05, 3.63) is 0 Å². The van der Waals surface area contributed by atoms with Gasteiger partial charge in [0.25, 0.3) is 0 Å². The summed E-state index contributed by atoms with van der Waals surface area (Å²) in [5.74, 6) is -13.7. The monoisotopic (exact) mass is 1000 g/mol. The highest BCUT2D eigenvalue weighted by molar-refractivity contribution is 5.97. The van der Waals surface area contributed by atoms with Gasteiger partial charge >= 0.3 is 17.9 Å². The Bertz CT molecular complexity index is 1950. The maximum atomic E-state index is 13.6. The van der Waals surface area contributed by atoms with Crippen LogP contribution < -0.4 is 88.0 Å². The van der Waals surface area contributed by atoms with E-state index in [1.165, 1.54) is 0 Å². The molecule has 0 heterocycles. The van der Waals surface area contributed by atoms with Crippen molar-refractivity contribution < 1.29 is 72.9 Å². The number of nitrogens with two attached hydrogens (primary N) is 7. The lowest BCUT2D eigenvalue weighted by atomic mass is 10.1. The molecule has 0 rings (SSSR count). The Balaban J connectivity index is 5.31. The molecule has 0 unspecified atom stereocenters. The van der Waals surface area contributed by atoms with Crippen molar-refractivity contribution in [2.75, 3.05) is 52.4 Å². The number of carbonyl (C=O) groups is 12. The Labute approximate surface area is 398 Å². The molecule has 0 radical (unpaired) electrons. The summed E-state index contributed by atoms with van der Waals surface area (Å²) < 4.78 is 0. The Morgan fingerprint density at radius 3 is 1.09 bits per heavy atom. The van der Waals surface area contributed by atoms with Gasteiger partial charge in [0.15, 0.2) is 17.9 Å². The van der Waals surface area contributed by atoms with E-state index in [9.17, 15) is 62.6 Å². The molecular weight excluding hydrogens is 939 g/mol. The summed E-state index contributed by atoms with van der Waals surface area (Å²) in [6.45, 7) is -3.50. The number of aliphatic imine (C=N–C) groups is 3. The van der Waals surface area contributed by atoms with Gasteiger partial charge in [-0.25, -0.2) is 4.79 Å². The Morgan fingerprint density at radius 1 is 0.386 bits per heavy atom. The fourth-order valence-electron chi connectivity index (χ4n) is 5.30. The Hall–Kier alpha value is -8.59. The van der Waals surface area contributed by atoms with Crippen LogP contribution in [0.2, 0.25) is 0 Å². The van der Waals surface area contributed by atoms with Gasteiger partial charge in [-0.1, -0.05) is 0 Å². The number of nitrogens with zero attached hydrogens (tertiary/aromatic N) is 3. The van der Waals surface area contributed by atoms with Gasteiger partial charge in [-0.05, 0) is 38.5 Å². The van der Waals surface area contributed by atoms with E-state index in [0.717, 1.165) is 0 Å². The minimum atomic E-state index is -1.74. The van der Waals surface area contributed by atoms with Gasteiger partial charge in [-0.2, -0.15) is 0 Å². The van der Waals surface area contributed by atoms with E-state index in [2.05, 4.69) is 52.2 Å². The van der Waals surface area contributed by atoms with Crippen LogP contribution in [0.3, 0.4) is 0 Å². The summed E-state index contributed by atoms with van der Waals surface area (Å²) >= 11 is 0. The largest absolute Gasteiger partial charge is 0.481 e. The molecule has 0 bridgehead atoms. The molecule has 70 heavy (non-hydrogen) atoms. The molecule has 26 N–H and O–H groups in total. The van der Waals surface area contributed by atoms with Crippen molar-refractivity contribution in [3.63, 3.8) is 0 Å². The summed E-state index contributed by atoms with van der Waals surface area (Å²) in [7, 11) is 0. The summed E-state index contributed by atoms with van der Waals surface area (Å²) in [5.41, 5.74) is 37.5. The number of carboxylic acid groups (broad SMARTS) is 3. The fraction of sp³-hybridized carbons (Fsp3) is 0.583. The maximum Gasteiger partial charge on any atom is 0.326 e. The number of hydrogen-bond donors (Lipinski definition) is 19. The van der Waals surface area contributed by atoms with Crippen LogP contribution >= 0.6 is 0 Å². The number of rotatable bonds is 35. The zero-order valence-electron chi connectivity index (χ0n) is 37.8. The second-order valence-corrected chi connectivity index (χ2v) is 14.6. The maximum absolute atomic E-state index is 13.6. The highest BCUT2D eigenvalue weighted by atomic mass is 16.4. The van der Waals surface area contributed by atoms with Gasteiger partial charge in [0.1, 0.15) is 24.2 Å². The van der Waals surface area contributed by atoms with E-state index < -0.39 is 147 Å². The number of aliphatic carboxylic acids is 3. The van der Waals surface area contributed by atoms with Crippen molar-refractivity contribution in [3.8, 4) is 0 Å². The quantitative estimate of drug-likeness (QED) is 0.0159. The first kappa shape index (κ1) is 61.4. The van der Waals surface area contributed by atoms with Gasteiger partial charge in [-0.3, -0.25) is 67.7 Å². The third kappa shape index (κ3) is 30.6. The summed E-state index contributed by atoms with van der Waals surface area (Å²) in [4.78, 5) is 159. The molecule has 0 aliphatic rings. The molecule has 9 amide bonds. The fourth-order valence-corrected chi connectivity index (χ4v) is 5.30. The lowest BCUT2D eigenvalue weighted by Gasteiger charge is -2.24. The van der Waals surface area contributed by atoms with Crippen LogP contribution in [0.1, 0.15) is 51.4 Å². The zero-order chi connectivity index (χ0) is 53.3. The van der Waals surface area contributed by atoms with Gasteiger partial charge < -0.3 is 103 Å². The van der Waals surface area contributed by atoms with Crippen molar-refractivity contribution in [1.29, 1.82) is 0 Å². The summed E-state index contributed by atoms with van der Waals surface area (Å²) in [6.07, 6.45) is -1.60. The standard InChI is InChI=1S/C36H63N19O15/c37-17(10-27(61)62)29(65)55-21(11-28(63)64)30(66)51-15-25(59)49-13-23(57)47-12-22(56)48-14-24(58)50-16-26(60)52-18(4-1-7-44-34(38)39)31(67)53-19(5-2-8-45-35(40)41)32(68)54-20(33(69)70)6-3-9-46-36(42)43/h17-21H,1-16,37H2,(H,47,57)(H,48,56)(H,49,59)(H,50,58)(H,51,66)(H,52,60)(H,53,67)(H,54,68)(H,55,65)(H,61,62)(H,63,64)(H,69,70)(H4,38,39,44)(H4,40,41,45)(H4,42,43,46)/t17-,18-,19-,20-,21-/m0/s1. The lowest BCUT2D eigenvalue weighted by Crippen LogP contribution is -2.56. The van der Waals surface area contributed by atoms with Crippen LogP contribution in [-0.4, -0.2) is 187 Å². The number of carboxylic acids is 3. The van der Waals surface area contributed by atoms with Crippen molar-refractivity contribution in [1.82, 2.24) is 47.9 Å². The average Bonchev–Trinajstić information content (AvgIpc) is 3.26. The number of guanidine groups is 3. The first-order valence-corrected chi connectivity index (χ1v) is 20.9. The van der Waals surface area contributed by atoms with Crippen LogP contribution in [-0.2, 0) is 57.5 Å². The summed E-state index contributed by atoms with van der Waals surface area (Å²) in [6, 6.07) is -7.47. The van der Waals surface area contributed by atoms with E-state index in [1.807, 2.05) is 10.6 Å². The van der Waals surface area contributed by atoms with Gasteiger partial charge in [-0.15, -0.1) is 0 Å². The normalized spacial score (nSPS) is 12.5. The Kier molecular flexibility index (Phi) is 29.7. The second-order valence-electron chi connectivity index (χ2n) is 14.6. The van der Waals surface area contributed by atoms with Gasteiger partial charge in [0, 0.05) is 19.6 Å². The van der Waals surface area contributed by atoms with Crippen LogP contribution in [0.4, 0.5) is 0 Å². The van der Waals surface area contributed by atoms with E-state index in [1.54, 1.807) is 0 Å². The molecule has 0 aliphatic heterocycles. The zero-order valence-corrected chi connectivity index (χ0v) is 37.8. The molecule has 34 nitrogen and oxygen atoms in total. The van der Waals surface area contributed by atoms with Crippen molar-refractivity contribution in [2.45, 2.75) is 81.6 Å². The van der Waals surface area contributed by atoms with Crippen molar-refractivity contribution in [2.24, 2.45) is 55.1 Å². The minimum absolute atomic E-state index is 0.0219. The average molecular weight is 1000 g/mol. The molecule has 0 spiro atoms. The number of hydrogen-bond acceptors (Lipinski definition) is 16. The first-order chi connectivity index (χ1) is 32.8. The van der Waals surface area contributed by atoms with Gasteiger partial charge in [0.05, 0.1) is 51.6 Å². The van der Waals surface area contributed by atoms with Crippen LogP contribution in [0.5, 0.6) is 0 Å². The molecule has 392 valence electrons. The molecule has 5 atom stereocenters. The summed E-state index contributed by atoms with van der Waals surface area (Å²) in [5, 5.41) is 47.4. The molecule has 0 aromatic rings. The SMILES string of the molecule is NC(N)=NCCC[C@H](NC(=O)[C@H](CCCN=C(N)N)NC(=O)[C@H](CCCN=C(N)N)NC(=O)CNC(=O)CNC(=O)CNC(=O)CNC(=O)CNC(=O)[C@H](CC(=O)O)NC(=O)[C@@H](N)CC(=O)O)C(=O)O. The topological polar surface area (TPSA) is 593 Å². The molecule has 0 aromatic carbocycles. The van der Waals surface area contributed by atoms with Crippen LogP contribution in [0.25, 0.3) is 0 Å². The Morgan fingerprint density at radius 2 is 0.714 bits per heavy atom. The predicted molar refractivity (Wildman–Crippen MR) is 243 cm³/mol. The molecule has 0 saturated heterocycles. The van der Waals surface area contributed by atoms with E-state index in [0.29, 0.717) is 0 Å². The molecule has 0 saturated carbocycles. The van der Waals surface area contributed by atoms with Crippen molar-refractivity contribution >= 4 is 89.0 Å². The molecule has 0 aliphatic carbocycles. The molecule has 34 heteroatoms. The number of carbonyl (C=O) groups excluding carboxylic acids is 9. The van der Waals surface area contributed by atoms with Crippen LogP contribution in [0, 0.1) is 0 Å². The highest BCUT2D eigenvalue weighted by Crippen LogP contribution is 2.06. The second kappa shape index (κ2) is 33.8. The highest BCUT2D eigenvalue weighted by Gasteiger charge is 2.30. The van der Waals surface area contributed by atoms with Gasteiger partial charge in [0.2, 0.25) is 53.2 Å². The smallest absolute Gasteiger partial charge is 0.326 e. The van der Waals surface area contributed by atoms with E-state index >= 15 is 0 Å². The van der Waals surface area contributed by atoms with E-state index in [-0.39, 0.29) is 76.0 Å². The van der Waals surface area contributed by atoms with Crippen LogP contribution in [0.15, 0.2) is 15.0 Å². The molecule has 0 aromatic heterocycles. The third-order valence-corrected chi connectivity index (χ3v) is 8.69. The van der Waals surface area contributed by atoms with E-state index in [4.69, 9.17) is 50.3 Å². The number of nitrogens with one attached hydrogen (secondary N) is 9. The number of amides is 9. The minimum Gasteiger partial charge on any atom is -0.481 e. The molecule has 0 fully saturated rings. The molecular formula is C36H63N19O15. The third-order valence-electron chi connectivity index (χ3n) is 8.69. The lowest BCUT2D eigenvalue weighted by molar-refractivity contribution is -0.142. The first-order valence-electron chi connectivity index (χ1n) is 20.9. The predicted octanol–water partition coefficient (Wildman–Crippen LogP) is -11.0.